The molecule has 1 aliphatic heterocycles. The molecule has 0 amide bonds. The molecule has 0 aromatic heterocycles. The number of hydrogen-bond acceptors (Lipinski definition) is 3. The van der Waals surface area contributed by atoms with Gasteiger partial charge in [0.2, 0.25) is 0 Å². The summed E-state index contributed by atoms with van der Waals surface area (Å²) in [4.78, 5) is 2.75. The molecule has 0 aromatic rings. The van der Waals surface area contributed by atoms with Crippen LogP contribution < -0.4 is 5.32 Å². The number of piperazine rings is 1. The molecule has 0 aliphatic carbocycles. The van der Waals surface area contributed by atoms with E-state index >= 15 is 0 Å². The van der Waals surface area contributed by atoms with Crippen molar-refractivity contribution in [2.24, 2.45) is 5.92 Å². The number of rotatable bonds is 6. The van der Waals surface area contributed by atoms with Crippen molar-refractivity contribution in [3.05, 3.63) is 0 Å². The van der Waals surface area contributed by atoms with Gasteiger partial charge in [-0.1, -0.05) is 27.7 Å². The van der Waals surface area contributed by atoms with Crippen LogP contribution in [0.15, 0.2) is 0 Å². The summed E-state index contributed by atoms with van der Waals surface area (Å²) < 4.78 is 0.449. The summed E-state index contributed by atoms with van der Waals surface area (Å²) in [5.41, 5.74) is 0. The van der Waals surface area contributed by atoms with Gasteiger partial charge in [0.1, 0.15) is 0 Å². The number of nitrogens with one attached hydrogen (secondary N) is 1. The second-order valence-electron chi connectivity index (χ2n) is 6.14. The van der Waals surface area contributed by atoms with Crippen molar-refractivity contribution in [2.75, 3.05) is 25.9 Å². The summed E-state index contributed by atoms with van der Waals surface area (Å²) >= 11 is 2.06. The Hall–Kier alpha value is 0.270. The first-order valence-corrected chi connectivity index (χ1v) is 8.73. The SMILES string of the molecule is CCC(CC)(CN1CC(C)NCC1C(C)C)SC. The molecule has 1 aliphatic rings. The highest BCUT2D eigenvalue weighted by Crippen LogP contribution is 2.33. The molecule has 0 aromatic carbocycles. The van der Waals surface area contributed by atoms with E-state index in [9.17, 15) is 0 Å². The monoisotopic (exact) mass is 272 g/mol. The van der Waals surface area contributed by atoms with Crippen molar-refractivity contribution in [1.82, 2.24) is 10.2 Å². The molecule has 0 bridgehead atoms. The zero-order valence-electron chi connectivity index (χ0n) is 13.1. The molecule has 108 valence electrons. The molecular formula is C15H32N2S. The Morgan fingerprint density at radius 2 is 1.94 bits per heavy atom. The third kappa shape index (κ3) is 3.88. The van der Waals surface area contributed by atoms with Crippen LogP contribution in [0.1, 0.15) is 47.5 Å². The Bertz CT molecular complexity index is 230. The van der Waals surface area contributed by atoms with E-state index in [1.165, 1.54) is 25.9 Å². The maximum absolute atomic E-state index is 3.63. The predicted octanol–water partition coefficient (Wildman–Crippen LogP) is 3.23. The molecule has 1 fully saturated rings. The lowest BCUT2D eigenvalue weighted by Gasteiger charge is -2.46. The molecule has 2 unspecified atom stereocenters. The zero-order chi connectivity index (χ0) is 13.8. The molecule has 0 saturated carbocycles. The van der Waals surface area contributed by atoms with Crippen LogP contribution in [0, 0.1) is 5.92 Å². The maximum Gasteiger partial charge on any atom is 0.0279 e. The fourth-order valence-electron chi connectivity index (χ4n) is 3.04. The van der Waals surface area contributed by atoms with Crippen LogP contribution in [-0.2, 0) is 0 Å². The van der Waals surface area contributed by atoms with E-state index in [0.717, 1.165) is 12.5 Å². The quantitative estimate of drug-likeness (QED) is 0.799. The fraction of sp³-hybridized carbons (Fsp3) is 1.00. The van der Waals surface area contributed by atoms with Crippen LogP contribution in [-0.4, -0.2) is 47.6 Å². The third-order valence-electron chi connectivity index (χ3n) is 4.64. The Morgan fingerprint density at radius 3 is 2.39 bits per heavy atom. The molecule has 2 nitrogen and oxygen atoms in total. The van der Waals surface area contributed by atoms with Crippen LogP contribution >= 0.6 is 11.8 Å². The van der Waals surface area contributed by atoms with Gasteiger partial charge in [0.25, 0.3) is 0 Å². The van der Waals surface area contributed by atoms with Crippen LogP contribution in [0.3, 0.4) is 0 Å². The predicted molar refractivity (Wildman–Crippen MR) is 84.5 cm³/mol. The topological polar surface area (TPSA) is 15.3 Å². The summed E-state index contributed by atoms with van der Waals surface area (Å²) in [6.07, 6.45) is 4.82. The Morgan fingerprint density at radius 1 is 1.33 bits per heavy atom. The van der Waals surface area contributed by atoms with E-state index in [1.807, 2.05) is 0 Å². The minimum atomic E-state index is 0.449. The second kappa shape index (κ2) is 7.16. The van der Waals surface area contributed by atoms with Crippen molar-refractivity contribution >= 4 is 11.8 Å². The molecular weight excluding hydrogens is 240 g/mol. The molecule has 0 radical (unpaired) electrons. The van der Waals surface area contributed by atoms with Crippen LogP contribution in [0.4, 0.5) is 0 Å². The smallest absolute Gasteiger partial charge is 0.0279 e. The van der Waals surface area contributed by atoms with Gasteiger partial charge in [0, 0.05) is 36.5 Å². The van der Waals surface area contributed by atoms with Gasteiger partial charge in [-0.2, -0.15) is 11.8 Å². The van der Waals surface area contributed by atoms with Crippen LogP contribution in [0.25, 0.3) is 0 Å². The Balaban J connectivity index is 2.76. The standard InChI is InChI=1S/C15H32N2S/c1-7-15(8-2,18-6)11-17-10-13(5)16-9-14(17)12(3)4/h12-14,16H,7-11H2,1-6H3. The van der Waals surface area contributed by atoms with Gasteiger partial charge in [-0.3, -0.25) is 4.90 Å². The minimum absolute atomic E-state index is 0.449. The zero-order valence-corrected chi connectivity index (χ0v) is 13.9. The van der Waals surface area contributed by atoms with Gasteiger partial charge in [-0.25, -0.2) is 0 Å². The van der Waals surface area contributed by atoms with Gasteiger partial charge >= 0.3 is 0 Å². The van der Waals surface area contributed by atoms with Crippen molar-refractivity contribution in [3.8, 4) is 0 Å². The van der Waals surface area contributed by atoms with Gasteiger partial charge < -0.3 is 5.32 Å². The molecule has 1 N–H and O–H groups in total. The molecule has 1 saturated heterocycles. The highest BCUT2D eigenvalue weighted by Gasteiger charge is 2.34. The summed E-state index contributed by atoms with van der Waals surface area (Å²) in [6.45, 7) is 15.3. The van der Waals surface area contributed by atoms with Gasteiger partial charge in [-0.05, 0) is 31.9 Å². The molecule has 1 rings (SSSR count). The van der Waals surface area contributed by atoms with Crippen LogP contribution in [0.5, 0.6) is 0 Å². The first-order chi connectivity index (χ1) is 8.48. The second-order valence-corrected chi connectivity index (χ2v) is 7.42. The molecule has 2 atom stereocenters. The first kappa shape index (κ1) is 16.3. The largest absolute Gasteiger partial charge is 0.311 e. The van der Waals surface area contributed by atoms with E-state index in [-0.39, 0.29) is 0 Å². The Kier molecular flexibility index (Phi) is 6.49. The van der Waals surface area contributed by atoms with Gasteiger partial charge in [-0.15, -0.1) is 0 Å². The normalized spacial score (nSPS) is 26.8. The molecule has 3 heteroatoms. The third-order valence-corrected chi connectivity index (χ3v) is 6.21. The lowest BCUT2D eigenvalue weighted by Crippen LogP contribution is -2.60. The average Bonchev–Trinajstić information content (AvgIpc) is 2.36. The van der Waals surface area contributed by atoms with E-state index in [4.69, 9.17) is 0 Å². The summed E-state index contributed by atoms with van der Waals surface area (Å²) in [5.74, 6) is 0.735. The average molecular weight is 273 g/mol. The Labute approximate surface area is 118 Å². The highest BCUT2D eigenvalue weighted by atomic mass is 32.2. The highest BCUT2D eigenvalue weighted by molar-refractivity contribution is 8.00. The van der Waals surface area contributed by atoms with Crippen molar-refractivity contribution in [2.45, 2.75) is 64.3 Å². The molecule has 0 spiro atoms. The fourth-order valence-corrected chi connectivity index (χ4v) is 3.91. The van der Waals surface area contributed by atoms with Crippen LogP contribution in [0.2, 0.25) is 0 Å². The number of nitrogens with zero attached hydrogens (tertiary/aromatic N) is 1. The van der Waals surface area contributed by atoms with Gasteiger partial charge in [0.15, 0.2) is 0 Å². The first-order valence-electron chi connectivity index (χ1n) is 7.50. The number of thioether (sulfide) groups is 1. The summed E-state index contributed by atoms with van der Waals surface area (Å²) in [6, 6.07) is 1.33. The lowest BCUT2D eigenvalue weighted by molar-refractivity contribution is 0.0902. The van der Waals surface area contributed by atoms with E-state index in [2.05, 4.69) is 62.9 Å². The van der Waals surface area contributed by atoms with Crippen molar-refractivity contribution in [3.63, 3.8) is 0 Å². The van der Waals surface area contributed by atoms with Crippen molar-refractivity contribution in [1.29, 1.82) is 0 Å². The maximum atomic E-state index is 3.63. The van der Waals surface area contributed by atoms with E-state index < -0.39 is 0 Å². The summed E-state index contributed by atoms with van der Waals surface area (Å²) in [5, 5.41) is 3.63. The minimum Gasteiger partial charge on any atom is -0.311 e. The summed E-state index contributed by atoms with van der Waals surface area (Å²) in [7, 11) is 0. The van der Waals surface area contributed by atoms with Gasteiger partial charge in [0.05, 0.1) is 0 Å². The lowest BCUT2D eigenvalue weighted by atomic mass is 9.94. The molecule has 1 heterocycles. The molecule has 18 heavy (non-hydrogen) atoms. The van der Waals surface area contributed by atoms with E-state index in [1.54, 1.807) is 0 Å². The van der Waals surface area contributed by atoms with E-state index in [0.29, 0.717) is 16.8 Å². The number of hydrogen-bond donors (Lipinski definition) is 1. The van der Waals surface area contributed by atoms with Crippen molar-refractivity contribution < 1.29 is 0 Å².